The number of hydrogen-bond acceptors (Lipinski definition) is 5. The number of ether oxygens (including phenoxy) is 1. The summed E-state index contributed by atoms with van der Waals surface area (Å²) in [5.74, 6) is 0. The molecule has 2 heterocycles. The molecule has 0 amide bonds. The molecular formula is C27H26BrN3O3S2. The van der Waals surface area contributed by atoms with Gasteiger partial charge in [0.15, 0.2) is 4.80 Å². The minimum Gasteiger partial charge on any atom is -0.379 e. The standard InChI is InChI=1S/C27H26BrN3O3S2/c28-25-9-5-4-8-24(25)26-20-35-27(31(26)15-14-21-6-2-1-3-7-21)29-22-10-12-23(13-11-22)36(32,33)30-16-18-34-19-17-30/h1-13,20H,14-19H2. The second kappa shape index (κ2) is 11.2. The fourth-order valence-corrected chi connectivity index (χ4v) is 6.99. The molecule has 9 heteroatoms. The maximum absolute atomic E-state index is 13.0. The predicted octanol–water partition coefficient (Wildman–Crippen LogP) is 5.48. The van der Waals surface area contributed by atoms with E-state index < -0.39 is 10.0 Å². The average molecular weight is 585 g/mol. The monoisotopic (exact) mass is 583 g/mol. The number of hydrogen-bond donors (Lipinski definition) is 0. The molecule has 186 valence electrons. The smallest absolute Gasteiger partial charge is 0.243 e. The molecule has 1 saturated heterocycles. The van der Waals surface area contributed by atoms with Gasteiger partial charge in [-0.05, 0) is 42.3 Å². The van der Waals surface area contributed by atoms with Gasteiger partial charge in [-0.3, -0.25) is 0 Å². The van der Waals surface area contributed by atoms with Gasteiger partial charge in [0, 0.05) is 35.1 Å². The van der Waals surface area contributed by atoms with Gasteiger partial charge in [-0.2, -0.15) is 4.31 Å². The Morgan fingerprint density at radius 2 is 1.61 bits per heavy atom. The number of sulfonamides is 1. The van der Waals surface area contributed by atoms with E-state index in [2.05, 4.69) is 56.2 Å². The summed E-state index contributed by atoms with van der Waals surface area (Å²) >= 11 is 5.27. The van der Waals surface area contributed by atoms with Gasteiger partial charge >= 0.3 is 0 Å². The van der Waals surface area contributed by atoms with E-state index in [0.29, 0.717) is 32.0 Å². The molecule has 0 bridgehead atoms. The zero-order chi connectivity index (χ0) is 25.0. The number of nitrogens with zero attached hydrogens (tertiary/aromatic N) is 3. The minimum absolute atomic E-state index is 0.278. The molecule has 0 saturated carbocycles. The first kappa shape index (κ1) is 25.1. The Labute approximate surface area is 223 Å². The lowest BCUT2D eigenvalue weighted by atomic mass is 10.1. The highest BCUT2D eigenvalue weighted by Crippen LogP contribution is 2.29. The molecule has 1 fully saturated rings. The summed E-state index contributed by atoms with van der Waals surface area (Å²) in [7, 11) is -3.53. The summed E-state index contributed by atoms with van der Waals surface area (Å²) in [6, 6.07) is 25.4. The minimum atomic E-state index is -3.53. The van der Waals surface area contributed by atoms with Crippen LogP contribution in [0.15, 0.2) is 98.6 Å². The Kier molecular flexibility index (Phi) is 7.83. The summed E-state index contributed by atoms with van der Waals surface area (Å²) in [5.41, 5.74) is 4.17. The average Bonchev–Trinajstić information content (AvgIpc) is 3.31. The van der Waals surface area contributed by atoms with Gasteiger partial charge in [0.25, 0.3) is 0 Å². The first-order valence-corrected chi connectivity index (χ1v) is 14.8. The number of halogens is 1. The van der Waals surface area contributed by atoms with Crippen LogP contribution in [0.2, 0.25) is 0 Å². The van der Waals surface area contributed by atoms with Crippen molar-refractivity contribution in [2.75, 3.05) is 26.3 Å². The molecule has 0 radical (unpaired) electrons. The predicted molar refractivity (Wildman–Crippen MR) is 147 cm³/mol. The molecule has 1 aromatic heterocycles. The maximum Gasteiger partial charge on any atom is 0.243 e. The molecule has 0 atom stereocenters. The molecule has 0 N–H and O–H groups in total. The molecule has 3 aromatic carbocycles. The van der Waals surface area contributed by atoms with Crippen molar-refractivity contribution >= 4 is 43.0 Å². The molecule has 0 unspecified atom stereocenters. The lowest BCUT2D eigenvalue weighted by molar-refractivity contribution is 0.0730. The van der Waals surface area contributed by atoms with Crippen molar-refractivity contribution in [1.82, 2.24) is 8.87 Å². The SMILES string of the molecule is O=S(=O)(c1ccc(N=c2scc(-c3ccccc3Br)n2CCc2ccccc2)cc1)N1CCOCC1. The maximum atomic E-state index is 13.0. The van der Waals surface area contributed by atoms with Crippen LogP contribution in [0.4, 0.5) is 5.69 Å². The first-order valence-electron chi connectivity index (χ1n) is 11.7. The summed E-state index contributed by atoms with van der Waals surface area (Å²) in [4.78, 5) is 6.04. The Morgan fingerprint density at radius 3 is 2.33 bits per heavy atom. The Morgan fingerprint density at radius 1 is 0.917 bits per heavy atom. The molecular weight excluding hydrogens is 558 g/mol. The van der Waals surface area contributed by atoms with E-state index in [0.717, 1.165) is 33.5 Å². The van der Waals surface area contributed by atoms with Crippen molar-refractivity contribution in [1.29, 1.82) is 0 Å². The third-order valence-electron chi connectivity index (χ3n) is 6.08. The van der Waals surface area contributed by atoms with E-state index in [1.807, 2.05) is 24.3 Å². The topological polar surface area (TPSA) is 63.9 Å². The largest absolute Gasteiger partial charge is 0.379 e. The summed E-state index contributed by atoms with van der Waals surface area (Å²) < 4.78 is 35.9. The Balaban J connectivity index is 1.48. The Bertz CT molecular complexity index is 1490. The third-order valence-corrected chi connectivity index (χ3v) is 9.55. The van der Waals surface area contributed by atoms with Crippen molar-refractivity contribution in [2.24, 2.45) is 4.99 Å². The van der Waals surface area contributed by atoms with Gasteiger partial charge in [-0.15, -0.1) is 11.3 Å². The third kappa shape index (κ3) is 5.55. The van der Waals surface area contributed by atoms with Gasteiger partial charge in [0.1, 0.15) is 0 Å². The van der Waals surface area contributed by atoms with E-state index in [1.165, 1.54) is 9.87 Å². The van der Waals surface area contributed by atoms with Crippen LogP contribution in [0, 0.1) is 0 Å². The number of rotatable bonds is 7. The van der Waals surface area contributed by atoms with E-state index >= 15 is 0 Å². The molecule has 36 heavy (non-hydrogen) atoms. The van der Waals surface area contributed by atoms with Crippen molar-refractivity contribution in [3.8, 4) is 11.3 Å². The van der Waals surface area contributed by atoms with Gasteiger partial charge in [0.05, 0.1) is 29.5 Å². The van der Waals surface area contributed by atoms with Crippen LogP contribution in [-0.4, -0.2) is 43.6 Å². The van der Waals surface area contributed by atoms with Gasteiger partial charge < -0.3 is 9.30 Å². The Hall–Kier alpha value is -2.56. The molecule has 4 aromatic rings. The molecule has 6 nitrogen and oxygen atoms in total. The highest BCUT2D eigenvalue weighted by Gasteiger charge is 2.26. The molecule has 0 aliphatic carbocycles. The number of aryl methyl sites for hydroxylation is 1. The molecule has 0 spiro atoms. The van der Waals surface area contributed by atoms with E-state index in [1.54, 1.807) is 35.6 Å². The van der Waals surface area contributed by atoms with Crippen LogP contribution in [0.3, 0.4) is 0 Å². The lowest BCUT2D eigenvalue weighted by Crippen LogP contribution is -2.40. The summed E-state index contributed by atoms with van der Waals surface area (Å²) in [6.07, 6.45) is 0.874. The number of thiazole rings is 1. The summed E-state index contributed by atoms with van der Waals surface area (Å²) in [5, 5.41) is 2.13. The highest BCUT2D eigenvalue weighted by atomic mass is 79.9. The normalized spacial score (nSPS) is 15.3. The number of benzene rings is 3. The van der Waals surface area contributed by atoms with E-state index in [9.17, 15) is 8.42 Å². The van der Waals surface area contributed by atoms with Gasteiger partial charge in [-0.1, -0.05) is 64.5 Å². The number of aromatic nitrogens is 1. The lowest BCUT2D eigenvalue weighted by Gasteiger charge is -2.26. The van der Waals surface area contributed by atoms with Gasteiger partial charge in [-0.25, -0.2) is 13.4 Å². The number of morpholine rings is 1. The van der Waals surface area contributed by atoms with Crippen LogP contribution >= 0.6 is 27.3 Å². The molecule has 5 rings (SSSR count). The van der Waals surface area contributed by atoms with Crippen LogP contribution in [0.25, 0.3) is 11.3 Å². The van der Waals surface area contributed by atoms with Crippen LogP contribution in [-0.2, 0) is 27.7 Å². The van der Waals surface area contributed by atoms with Crippen LogP contribution in [0.5, 0.6) is 0 Å². The summed E-state index contributed by atoms with van der Waals surface area (Å²) in [6.45, 7) is 2.38. The quantitative estimate of drug-likeness (QED) is 0.289. The van der Waals surface area contributed by atoms with E-state index in [4.69, 9.17) is 9.73 Å². The van der Waals surface area contributed by atoms with Crippen molar-refractivity contribution in [3.05, 3.63) is 99.1 Å². The second-order valence-electron chi connectivity index (χ2n) is 8.39. The first-order chi connectivity index (χ1) is 17.5. The molecule has 1 aliphatic rings. The fourth-order valence-electron chi connectivity index (χ4n) is 4.14. The highest BCUT2D eigenvalue weighted by molar-refractivity contribution is 9.10. The van der Waals surface area contributed by atoms with Crippen LogP contribution in [0.1, 0.15) is 5.56 Å². The van der Waals surface area contributed by atoms with Crippen molar-refractivity contribution in [2.45, 2.75) is 17.9 Å². The van der Waals surface area contributed by atoms with Crippen molar-refractivity contribution in [3.63, 3.8) is 0 Å². The molecule has 1 aliphatic heterocycles. The fraction of sp³-hybridized carbons (Fsp3) is 0.222. The van der Waals surface area contributed by atoms with Crippen LogP contribution < -0.4 is 4.80 Å². The zero-order valence-electron chi connectivity index (χ0n) is 19.6. The van der Waals surface area contributed by atoms with Gasteiger partial charge in [0.2, 0.25) is 10.0 Å². The van der Waals surface area contributed by atoms with Crippen molar-refractivity contribution < 1.29 is 13.2 Å². The second-order valence-corrected chi connectivity index (χ2v) is 12.0. The zero-order valence-corrected chi connectivity index (χ0v) is 22.8. The van der Waals surface area contributed by atoms with E-state index in [-0.39, 0.29) is 4.90 Å².